The first-order valence-corrected chi connectivity index (χ1v) is 4.27. The van der Waals surface area contributed by atoms with Crippen LogP contribution >= 0.6 is 0 Å². The largest absolute Gasteiger partial charge is 0.351 e. The number of rotatable bonds is 1. The second-order valence-corrected chi connectivity index (χ2v) is 3.20. The van der Waals surface area contributed by atoms with Crippen LogP contribution in [0, 0.1) is 0 Å². The van der Waals surface area contributed by atoms with Gasteiger partial charge in [-0.25, -0.2) is 0 Å². The zero-order valence-corrected chi connectivity index (χ0v) is 6.66. The Hall–Kier alpha value is -0.760. The summed E-state index contributed by atoms with van der Waals surface area (Å²) >= 11 is 0. The third kappa shape index (κ3) is 1.07. The van der Waals surface area contributed by atoms with Crippen molar-refractivity contribution in [2.75, 3.05) is 6.54 Å². The van der Waals surface area contributed by atoms with Gasteiger partial charge in [0.05, 0.1) is 0 Å². The van der Waals surface area contributed by atoms with Gasteiger partial charge in [0.25, 0.3) is 0 Å². The van der Waals surface area contributed by atoms with Crippen LogP contribution in [-0.2, 0) is 6.54 Å². The van der Waals surface area contributed by atoms with Crippen LogP contribution in [0.15, 0.2) is 18.3 Å². The lowest BCUT2D eigenvalue weighted by Crippen LogP contribution is -2.20. The molecule has 0 bridgehead atoms. The van der Waals surface area contributed by atoms with Crippen LogP contribution in [0.2, 0.25) is 0 Å². The molecule has 0 spiro atoms. The molecule has 0 amide bonds. The SMILES string of the molecule is NC[C@H]1CCCn2cccc21. The van der Waals surface area contributed by atoms with Crippen LogP contribution in [0.25, 0.3) is 0 Å². The molecule has 1 aromatic rings. The van der Waals surface area contributed by atoms with Crippen molar-refractivity contribution >= 4 is 0 Å². The van der Waals surface area contributed by atoms with Crippen molar-refractivity contribution < 1.29 is 0 Å². The van der Waals surface area contributed by atoms with E-state index < -0.39 is 0 Å². The van der Waals surface area contributed by atoms with Gasteiger partial charge in [0.1, 0.15) is 0 Å². The Labute approximate surface area is 67.0 Å². The molecule has 0 aliphatic carbocycles. The molecule has 2 nitrogen and oxygen atoms in total. The average molecular weight is 150 g/mol. The van der Waals surface area contributed by atoms with Gasteiger partial charge in [-0.1, -0.05) is 0 Å². The molecule has 0 radical (unpaired) electrons. The van der Waals surface area contributed by atoms with Gasteiger partial charge in [-0.15, -0.1) is 0 Å². The van der Waals surface area contributed by atoms with E-state index in [9.17, 15) is 0 Å². The molecule has 2 heterocycles. The molecule has 0 saturated carbocycles. The molecule has 11 heavy (non-hydrogen) atoms. The number of fused-ring (bicyclic) bond motifs is 1. The second kappa shape index (κ2) is 2.70. The molecule has 0 aromatic carbocycles. The highest BCUT2D eigenvalue weighted by atomic mass is 15.0. The number of aryl methyl sites for hydroxylation is 1. The van der Waals surface area contributed by atoms with Crippen LogP contribution < -0.4 is 5.73 Å². The monoisotopic (exact) mass is 150 g/mol. The van der Waals surface area contributed by atoms with Crippen molar-refractivity contribution in [2.24, 2.45) is 5.73 Å². The van der Waals surface area contributed by atoms with E-state index in [0.29, 0.717) is 5.92 Å². The smallest absolute Gasteiger partial charge is 0.0222 e. The number of aromatic nitrogens is 1. The van der Waals surface area contributed by atoms with Gasteiger partial charge in [-0.3, -0.25) is 0 Å². The predicted octanol–water partition coefficient (Wildman–Crippen LogP) is 1.32. The topological polar surface area (TPSA) is 30.9 Å². The van der Waals surface area contributed by atoms with Crippen LogP contribution in [-0.4, -0.2) is 11.1 Å². The van der Waals surface area contributed by atoms with E-state index in [1.807, 2.05) is 0 Å². The van der Waals surface area contributed by atoms with Crippen molar-refractivity contribution in [1.82, 2.24) is 4.57 Å². The summed E-state index contributed by atoms with van der Waals surface area (Å²) in [4.78, 5) is 0. The van der Waals surface area contributed by atoms with Gasteiger partial charge in [0, 0.05) is 30.9 Å². The molecule has 0 saturated heterocycles. The molecule has 2 heteroatoms. The molecule has 1 aromatic heterocycles. The minimum Gasteiger partial charge on any atom is -0.351 e. The van der Waals surface area contributed by atoms with Crippen LogP contribution in [0.3, 0.4) is 0 Å². The predicted molar refractivity (Wildman–Crippen MR) is 45.5 cm³/mol. The lowest BCUT2D eigenvalue weighted by molar-refractivity contribution is 0.459. The molecular formula is C9H14N2. The van der Waals surface area contributed by atoms with Crippen molar-refractivity contribution in [3.05, 3.63) is 24.0 Å². The van der Waals surface area contributed by atoms with Crippen molar-refractivity contribution in [1.29, 1.82) is 0 Å². The molecule has 2 N–H and O–H groups in total. The molecule has 2 rings (SSSR count). The molecule has 0 unspecified atom stereocenters. The van der Waals surface area contributed by atoms with E-state index in [-0.39, 0.29) is 0 Å². The van der Waals surface area contributed by atoms with E-state index in [0.717, 1.165) is 6.54 Å². The van der Waals surface area contributed by atoms with Crippen molar-refractivity contribution in [3.8, 4) is 0 Å². The van der Waals surface area contributed by atoms with E-state index in [2.05, 4.69) is 22.9 Å². The minimum absolute atomic E-state index is 0.610. The first kappa shape index (κ1) is 6.92. The third-order valence-corrected chi connectivity index (χ3v) is 2.52. The van der Waals surface area contributed by atoms with Crippen molar-refractivity contribution in [2.45, 2.75) is 25.3 Å². The number of nitrogens with two attached hydrogens (primary N) is 1. The maximum atomic E-state index is 5.66. The lowest BCUT2D eigenvalue weighted by Gasteiger charge is -2.23. The lowest BCUT2D eigenvalue weighted by atomic mass is 9.96. The quantitative estimate of drug-likeness (QED) is 0.643. The first-order chi connectivity index (χ1) is 5.42. The van der Waals surface area contributed by atoms with Gasteiger partial charge in [0.2, 0.25) is 0 Å². The molecule has 1 atom stereocenters. The Morgan fingerprint density at radius 3 is 3.36 bits per heavy atom. The fourth-order valence-corrected chi connectivity index (χ4v) is 1.90. The maximum absolute atomic E-state index is 5.66. The fraction of sp³-hybridized carbons (Fsp3) is 0.556. The standard InChI is InChI=1S/C9H14N2/c10-7-8-3-1-5-11-6-2-4-9(8)11/h2,4,6,8H,1,3,5,7,10H2/t8-/m1/s1. The Balaban J connectivity index is 2.32. The highest BCUT2D eigenvalue weighted by Crippen LogP contribution is 2.25. The average Bonchev–Trinajstić information content (AvgIpc) is 2.50. The Morgan fingerprint density at radius 2 is 2.55 bits per heavy atom. The van der Waals surface area contributed by atoms with Crippen molar-refractivity contribution in [3.63, 3.8) is 0 Å². The van der Waals surface area contributed by atoms with Gasteiger partial charge in [0.15, 0.2) is 0 Å². The molecule has 1 aliphatic rings. The summed E-state index contributed by atoms with van der Waals surface area (Å²) in [5.74, 6) is 0.610. The summed E-state index contributed by atoms with van der Waals surface area (Å²) in [5.41, 5.74) is 7.09. The number of nitrogens with zero attached hydrogens (tertiary/aromatic N) is 1. The summed E-state index contributed by atoms with van der Waals surface area (Å²) in [6.45, 7) is 1.98. The highest BCUT2D eigenvalue weighted by molar-refractivity contribution is 5.14. The molecule has 60 valence electrons. The minimum atomic E-state index is 0.610. The summed E-state index contributed by atoms with van der Waals surface area (Å²) in [6, 6.07) is 4.31. The maximum Gasteiger partial charge on any atom is 0.0222 e. The van der Waals surface area contributed by atoms with Crippen LogP contribution in [0.4, 0.5) is 0 Å². The molecular weight excluding hydrogens is 136 g/mol. The van der Waals surface area contributed by atoms with Gasteiger partial charge in [-0.2, -0.15) is 0 Å². The van der Waals surface area contributed by atoms with E-state index in [1.54, 1.807) is 0 Å². The van der Waals surface area contributed by atoms with Gasteiger partial charge in [-0.05, 0) is 25.0 Å². The van der Waals surface area contributed by atoms with E-state index in [4.69, 9.17) is 5.73 Å². The van der Waals surface area contributed by atoms with Gasteiger partial charge < -0.3 is 10.3 Å². The van der Waals surface area contributed by atoms with Crippen LogP contribution in [0.5, 0.6) is 0 Å². The second-order valence-electron chi connectivity index (χ2n) is 3.20. The molecule has 0 fully saturated rings. The summed E-state index contributed by atoms with van der Waals surface area (Å²) in [6.07, 6.45) is 4.70. The molecule has 1 aliphatic heterocycles. The fourth-order valence-electron chi connectivity index (χ4n) is 1.90. The van der Waals surface area contributed by atoms with E-state index in [1.165, 1.54) is 25.1 Å². The van der Waals surface area contributed by atoms with E-state index >= 15 is 0 Å². The first-order valence-electron chi connectivity index (χ1n) is 4.27. The Kier molecular flexibility index (Phi) is 1.70. The third-order valence-electron chi connectivity index (χ3n) is 2.52. The Bertz CT molecular complexity index is 239. The zero-order chi connectivity index (χ0) is 7.68. The van der Waals surface area contributed by atoms with Gasteiger partial charge >= 0.3 is 0 Å². The summed E-state index contributed by atoms with van der Waals surface area (Å²) in [7, 11) is 0. The number of hydrogen-bond acceptors (Lipinski definition) is 1. The summed E-state index contributed by atoms with van der Waals surface area (Å²) < 4.78 is 2.32. The normalized spacial score (nSPS) is 23.2. The Morgan fingerprint density at radius 1 is 1.64 bits per heavy atom. The summed E-state index contributed by atoms with van der Waals surface area (Å²) in [5, 5.41) is 0. The zero-order valence-electron chi connectivity index (χ0n) is 6.66. The van der Waals surface area contributed by atoms with Crippen LogP contribution in [0.1, 0.15) is 24.5 Å². The number of hydrogen-bond donors (Lipinski definition) is 1. The highest BCUT2D eigenvalue weighted by Gasteiger charge is 2.17.